The molecule has 0 fully saturated rings. The molecular formula is C13H14ClN3. The molecule has 88 valence electrons. The highest BCUT2D eigenvalue weighted by molar-refractivity contribution is 6.29. The van der Waals surface area contributed by atoms with Crippen LogP contribution in [0.5, 0.6) is 0 Å². The van der Waals surface area contributed by atoms with Gasteiger partial charge in [0.05, 0.1) is 11.9 Å². The molecule has 2 aromatic rings. The molecule has 17 heavy (non-hydrogen) atoms. The average molecular weight is 248 g/mol. The Morgan fingerprint density at radius 1 is 1.53 bits per heavy atom. The van der Waals surface area contributed by atoms with Crippen molar-refractivity contribution >= 4 is 17.2 Å². The van der Waals surface area contributed by atoms with Gasteiger partial charge in [-0.3, -0.25) is 0 Å². The monoisotopic (exact) mass is 247 g/mol. The zero-order chi connectivity index (χ0) is 11.8. The Kier molecular flexibility index (Phi) is 2.63. The lowest BCUT2D eigenvalue weighted by Gasteiger charge is -2.08. The fourth-order valence-corrected chi connectivity index (χ4v) is 2.54. The molecule has 1 aliphatic rings. The van der Waals surface area contributed by atoms with Crippen molar-refractivity contribution in [3.05, 3.63) is 40.8 Å². The summed E-state index contributed by atoms with van der Waals surface area (Å²) in [6.45, 7) is 2.11. The van der Waals surface area contributed by atoms with E-state index in [2.05, 4.69) is 24.2 Å². The van der Waals surface area contributed by atoms with Crippen LogP contribution in [0, 0.1) is 0 Å². The van der Waals surface area contributed by atoms with Crippen LogP contribution in [-0.4, -0.2) is 14.6 Å². The smallest absolute Gasteiger partial charge is 0.160 e. The number of hydrogen-bond acceptors (Lipinski definition) is 2. The summed E-state index contributed by atoms with van der Waals surface area (Å²) in [4.78, 5) is 4.71. The molecule has 0 amide bonds. The lowest BCUT2D eigenvalue weighted by Crippen LogP contribution is -2.01. The summed E-state index contributed by atoms with van der Waals surface area (Å²) in [5.41, 5.74) is 3.11. The Balaban J connectivity index is 2.17. The van der Waals surface area contributed by atoms with Gasteiger partial charge in [-0.15, -0.1) is 0 Å². The summed E-state index contributed by atoms with van der Waals surface area (Å²) in [6, 6.07) is 1.93. The molecule has 2 heterocycles. The van der Waals surface area contributed by atoms with Crippen molar-refractivity contribution in [2.24, 2.45) is 0 Å². The van der Waals surface area contributed by atoms with Crippen LogP contribution < -0.4 is 0 Å². The van der Waals surface area contributed by atoms with Crippen molar-refractivity contribution < 1.29 is 0 Å². The quantitative estimate of drug-likeness (QED) is 0.602. The van der Waals surface area contributed by atoms with E-state index in [1.165, 1.54) is 0 Å². The Bertz CT molecular complexity index is 586. The van der Waals surface area contributed by atoms with Crippen molar-refractivity contribution in [3.63, 3.8) is 0 Å². The Morgan fingerprint density at radius 2 is 2.41 bits per heavy atom. The van der Waals surface area contributed by atoms with Crippen LogP contribution in [0.3, 0.4) is 0 Å². The van der Waals surface area contributed by atoms with E-state index in [4.69, 9.17) is 16.6 Å². The van der Waals surface area contributed by atoms with Gasteiger partial charge in [0, 0.05) is 11.5 Å². The number of halogens is 1. The van der Waals surface area contributed by atoms with E-state index < -0.39 is 0 Å². The predicted molar refractivity (Wildman–Crippen MR) is 68.5 cm³/mol. The van der Waals surface area contributed by atoms with Crippen molar-refractivity contribution in [3.8, 4) is 0 Å². The Labute approximate surface area is 105 Å². The van der Waals surface area contributed by atoms with Gasteiger partial charge in [-0.05, 0) is 25.3 Å². The van der Waals surface area contributed by atoms with E-state index in [1.807, 2.05) is 12.3 Å². The normalized spacial score (nSPS) is 19.3. The number of hydrogen-bond donors (Lipinski definition) is 0. The first-order valence-electron chi connectivity index (χ1n) is 5.99. The molecule has 0 radical (unpaired) electrons. The van der Waals surface area contributed by atoms with Crippen molar-refractivity contribution in [1.82, 2.24) is 14.6 Å². The third kappa shape index (κ3) is 1.75. The third-order valence-corrected chi connectivity index (χ3v) is 3.56. The van der Waals surface area contributed by atoms with Gasteiger partial charge in [0.2, 0.25) is 0 Å². The second-order valence-electron chi connectivity index (χ2n) is 4.37. The molecule has 4 heteroatoms. The molecule has 1 atom stereocenters. The minimum atomic E-state index is 0.414. The number of allylic oxidation sites excluding steroid dienone is 2. The molecule has 3 nitrogen and oxygen atoms in total. The number of aryl methyl sites for hydroxylation is 1. The maximum absolute atomic E-state index is 6.25. The third-order valence-electron chi connectivity index (χ3n) is 3.29. The van der Waals surface area contributed by atoms with Gasteiger partial charge in [0.1, 0.15) is 5.15 Å². The van der Waals surface area contributed by atoms with Crippen LogP contribution in [-0.2, 0) is 6.42 Å². The highest BCUT2D eigenvalue weighted by Gasteiger charge is 2.16. The molecule has 0 aromatic carbocycles. The summed E-state index contributed by atoms with van der Waals surface area (Å²) < 4.78 is 1.71. The molecular weight excluding hydrogens is 234 g/mol. The molecule has 0 saturated carbocycles. The van der Waals surface area contributed by atoms with Crippen molar-refractivity contribution in [2.45, 2.75) is 32.1 Å². The lowest BCUT2D eigenvalue weighted by molar-refractivity contribution is 0.766. The van der Waals surface area contributed by atoms with Crippen LogP contribution in [0.1, 0.15) is 36.9 Å². The van der Waals surface area contributed by atoms with Crippen molar-refractivity contribution in [1.29, 1.82) is 0 Å². The SMILES string of the molecule is CCc1cnn2c(Cl)cc(C3C=CCC3)nc12. The van der Waals surface area contributed by atoms with E-state index >= 15 is 0 Å². The zero-order valence-electron chi connectivity index (χ0n) is 9.73. The van der Waals surface area contributed by atoms with Gasteiger partial charge in [-0.1, -0.05) is 30.7 Å². The number of aromatic nitrogens is 3. The van der Waals surface area contributed by atoms with E-state index in [9.17, 15) is 0 Å². The molecule has 0 aliphatic heterocycles. The van der Waals surface area contributed by atoms with E-state index in [0.29, 0.717) is 11.1 Å². The number of nitrogens with zero attached hydrogens (tertiary/aromatic N) is 3. The number of rotatable bonds is 2. The fourth-order valence-electron chi connectivity index (χ4n) is 2.31. The molecule has 1 unspecified atom stereocenters. The van der Waals surface area contributed by atoms with E-state index in [-0.39, 0.29) is 0 Å². The van der Waals surface area contributed by atoms with Crippen LogP contribution in [0.25, 0.3) is 5.65 Å². The molecule has 0 N–H and O–H groups in total. The zero-order valence-corrected chi connectivity index (χ0v) is 10.5. The van der Waals surface area contributed by atoms with Crippen LogP contribution >= 0.6 is 11.6 Å². The minimum absolute atomic E-state index is 0.414. The van der Waals surface area contributed by atoms with Crippen LogP contribution in [0.2, 0.25) is 5.15 Å². The Morgan fingerprint density at radius 3 is 3.12 bits per heavy atom. The summed E-state index contributed by atoms with van der Waals surface area (Å²) in [6.07, 6.45) is 9.47. The average Bonchev–Trinajstić information content (AvgIpc) is 2.97. The predicted octanol–water partition coefficient (Wildman–Crippen LogP) is 3.38. The first-order chi connectivity index (χ1) is 8.29. The fraction of sp³-hybridized carbons (Fsp3) is 0.385. The molecule has 0 saturated heterocycles. The summed E-state index contributed by atoms with van der Waals surface area (Å²) in [5, 5.41) is 4.90. The maximum atomic E-state index is 6.25. The summed E-state index contributed by atoms with van der Waals surface area (Å²) >= 11 is 6.25. The number of fused-ring (bicyclic) bond motifs is 1. The molecule has 3 rings (SSSR count). The van der Waals surface area contributed by atoms with Gasteiger partial charge >= 0.3 is 0 Å². The second kappa shape index (κ2) is 4.15. The topological polar surface area (TPSA) is 30.2 Å². The molecule has 2 aromatic heterocycles. The molecule has 0 spiro atoms. The Hall–Kier alpha value is -1.35. The standard InChI is InChI=1S/C13H14ClN3/c1-2-9-8-15-17-12(14)7-11(16-13(9)17)10-5-3-4-6-10/h3,5,7-8,10H,2,4,6H2,1H3. The van der Waals surface area contributed by atoms with Gasteiger partial charge < -0.3 is 0 Å². The van der Waals surface area contributed by atoms with Gasteiger partial charge in [0.25, 0.3) is 0 Å². The second-order valence-corrected chi connectivity index (χ2v) is 4.76. The van der Waals surface area contributed by atoms with Gasteiger partial charge in [-0.2, -0.15) is 5.10 Å². The first kappa shape index (κ1) is 10.8. The van der Waals surface area contributed by atoms with Gasteiger partial charge in [0.15, 0.2) is 5.65 Å². The molecule has 1 aliphatic carbocycles. The van der Waals surface area contributed by atoms with E-state index in [0.717, 1.165) is 36.2 Å². The minimum Gasteiger partial charge on any atom is -0.233 e. The molecule has 0 bridgehead atoms. The first-order valence-corrected chi connectivity index (χ1v) is 6.37. The van der Waals surface area contributed by atoms with Crippen LogP contribution in [0.15, 0.2) is 24.4 Å². The van der Waals surface area contributed by atoms with Crippen molar-refractivity contribution in [2.75, 3.05) is 0 Å². The van der Waals surface area contributed by atoms with E-state index in [1.54, 1.807) is 4.52 Å². The highest BCUT2D eigenvalue weighted by Crippen LogP contribution is 2.29. The summed E-state index contributed by atoms with van der Waals surface area (Å²) in [5.74, 6) is 0.414. The van der Waals surface area contributed by atoms with Gasteiger partial charge in [-0.25, -0.2) is 9.50 Å². The van der Waals surface area contributed by atoms with Crippen LogP contribution in [0.4, 0.5) is 0 Å². The largest absolute Gasteiger partial charge is 0.233 e. The summed E-state index contributed by atoms with van der Waals surface area (Å²) in [7, 11) is 0. The lowest BCUT2D eigenvalue weighted by atomic mass is 10.1. The highest BCUT2D eigenvalue weighted by atomic mass is 35.5. The maximum Gasteiger partial charge on any atom is 0.160 e.